The van der Waals surface area contributed by atoms with Gasteiger partial charge in [0.25, 0.3) is 0 Å². The van der Waals surface area contributed by atoms with Crippen LogP contribution < -0.4 is 5.32 Å². The van der Waals surface area contributed by atoms with Crippen molar-refractivity contribution in [2.45, 2.75) is 6.42 Å². The molecule has 0 fully saturated rings. The summed E-state index contributed by atoms with van der Waals surface area (Å²) in [5.41, 5.74) is 1.33. The lowest BCUT2D eigenvalue weighted by atomic mass is 10.1. The van der Waals surface area contributed by atoms with Gasteiger partial charge in [0.2, 0.25) is 11.8 Å². The Bertz CT molecular complexity index is 1090. The monoisotopic (exact) mass is 347 g/mol. The van der Waals surface area contributed by atoms with E-state index in [-0.39, 0.29) is 24.2 Å². The minimum Gasteiger partial charge on any atom is -0.403 e. The van der Waals surface area contributed by atoms with Crippen LogP contribution in [-0.2, 0) is 11.2 Å². The fourth-order valence-corrected chi connectivity index (χ4v) is 2.71. The number of halogens is 1. The van der Waals surface area contributed by atoms with E-state index in [4.69, 9.17) is 4.42 Å². The van der Waals surface area contributed by atoms with E-state index >= 15 is 0 Å². The third-order valence-electron chi connectivity index (χ3n) is 3.92. The van der Waals surface area contributed by atoms with Gasteiger partial charge < -0.3 is 4.42 Å². The maximum absolute atomic E-state index is 13.3. The molecule has 1 N–H and O–H groups in total. The number of hydrogen-bond donors (Lipinski definition) is 1. The van der Waals surface area contributed by atoms with Gasteiger partial charge in [-0.2, -0.15) is 0 Å². The number of nitrogens with zero attached hydrogens (tertiary/aromatic N) is 2. The summed E-state index contributed by atoms with van der Waals surface area (Å²) in [6.45, 7) is 0. The third-order valence-corrected chi connectivity index (χ3v) is 3.92. The first-order valence-electron chi connectivity index (χ1n) is 8.04. The summed E-state index contributed by atoms with van der Waals surface area (Å²) >= 11 is 0. The SMILES string of the molecule is O=C(Cc1ccc2ccccc2c1)Nc1nnc(-c2cccc(F)c2)o1. The van der Waals surface area contributed by atoms with E-state index in [1.54, 1.807) is 12.1 Å². The Hall–Kier alpha value is -3.54. The number of anilines is 1. The van der Waals surface area contributed by atoms with E-state index in [9.17, 15) is 9.18 Å². The number of benzene rings is 3. The van der Waals surface area contributed by atoms with Crippen LogP contribution in [-0.4, -0.2) is 16.1 Å². The summed E-state index contributed by atoms with van der Waals surface area (Å²) in [4.78, 5) is 12.2. The number of fused-ring (bicyclic) bond motifs is 1. The van der Waals surface area contributed by atoms with Crippen molar-refractivity contribution in [1.82, 2.24) is 10.2 Å². The molecular formula is C20H14FN3O2. The van der Waals surface area contributed by atoms with E-state index in [1.165, 1.54) is 12.1 Å². The van der Waals surface area contributed by atoms with E-state index in [1.807, 2.05) is 42.5 Å². The van der Waals surface area contributed by atoms with Crippen LogP contribution in [0.1, 0.15) is 5.56 Å². The minimum absolute atomic E-state index is 0.0185. The Morgan fingerprint density at radius 2 is 1.81 bits per heavy atom. The highest BCUT2D eigenvalue weighted by Gasteiger charge is 2.12. The number of hydrogen-bond acceptors (Lipinski definition) is 4. The maximum Gasteiger partial charge on any atom is 0.322 e. The second kappa shape index (κ2) is 6.76. The predicted molar refractivity (Wildman–Crippen MR) is 96.0 cm³/mol. The lowest BCUT2D eigenvalue weighted by molar-refractivity contribution is -0.115. The summed E-state index contributed by atoms with van der Waals surface area (Å²) in [5.74, 6) is -0.525. The lowest BCUT2D eigenvalue weighted by Crippen LogP contribution is -2.14. The molecule has 0 saturated carbocycles. The molecule has 0 unspecified atom stereocenters. The molecule has 26 heavy (non-hydrogen) atoms. The van der Waals surface area contributed by atoms with Crippen LogP contribution in [0.3, 0.4) is 0 Å². The highest BCUT2D eigenvalue weighted by molar-refractivity contribution is 5.91. The normalized spacial score (nSPS) is 10.8. The van der Waals surface area contributed by atoms with Crippen molar-refractivity contribution < 1.29 is 13.6 Å². The van der Waals surface area contributed by atoms with Crippen LogP contribution in [0, 0.1) is 5.82 Å². The molecule has 1 heterocycles. The zero-order valence-electron chi connectivity index (χ0n) is 13.6. The molecule has 3 aromatic carbocycles. The van der Waals surface area contributed by atoms with Crippen LogP contribution in [0.4, 0.5) is 10.4 Å². The van der Waals surface area contributed by atoms with Gasteiger partial charge in [-0.3, -0.25) is 10.1 Å². The summed E-state index contributed by atoms with van der Waals surface area (Å²) in [6, 6.07) is 19.6. The topological polar surface area (TPSA) is 68.0 Å². The fourth-order valence-electron chi connectivity index (χ4n) is 2.71. The highest BCUT2D eigenvalue weighted by atomic mass is 19.1. The second-order valence-corrected chi connectivity index (χ2v) is 5.83. The van der Waals surface area contributed by atoms with Crippen LogP contribution in [0.25, 0.3) is 22.2 Å². The molecule has 5 nitrogen and oxygen atoms in total. The van der Waals surface area contributed by atoms with Gasteiger partial charge in [-0.15, -0.1) is 5.10 Å². The first kappa shape index (κ1) is 16.0. The Morgan fingerprint density at radius 1 is 0.962 bits per heavy atom. The Morgan fingerprint density at radius 3 is 2.65 bits per heavy atom. The number of nitrogens with one attached hydrogen (secondary N) is 1. The zero-order chi connectivity index (χ0) is 17.9. The van der Waals surface area contributed by atoms with Gasteiger partial charge in [-0.25, -0.2) is 4.39 Å². The molecule has 0 aliphatic carbocycles. The van der Waals surface area contributed by atoms with E-state index in [2.05, 4.69) is 15.5 Å². The molecule has 0 spiro atoms. The molecule has 4 aromatic rings. The summed E-state index contributed by atoms with van der Waals surface area (Å²) in [7, 11) is 0. The number of amides is 1. The van der Waals surface area contributed by atoms with Gasteiger partial charge in [0.1, 0.15) is 5.82 Å². The Balaban J connectivity index is 1.46. The highest BCUT2D eigenvalue weighted by Crippen LogP contribution is 2.21. The smallest absolute Gasteiger partial charge is 0.322 e. The van der Waals surface area contributed by atoms with Crippen LogP contribution in [0.5, 0.6) is 0 Å². The van der Waals surface area contributed by atoms with Gasteiger partial charge >= 0.3 is 6.01 Å². The molecule has 6 heteroatoms. The quantitative estimate of drug-likeness (QED) is 0.600. The number of carbonyl (C=O) groups excluding carboxylic acids is 1. The molecule has 0 saturated heterocycles. The molecule has 0 radical (unpaired) electrons. The molecule has 128 valence electrons. The third kappa shape index (κ3) is 3.44. The summed E-state index contributed by atoms with van der Waals surface area (Å²) < 4.78 is 18.6. The van der Waals surface area contributed by atoms with Crippen molar-refractivity contribution >= 4 is 22.7 Å². The van der Waals surface area contributed by atoms with Crippen molar-refractivity contribution in [3.8, 4) is 11.5 Å². The Labute approximate surface area is 148 Å². The van der Waals surface area contributed by atoms with Gasteiger partial charge in [0.05, 0.1) is 6.42 Å². The molecule has 0 aliphatic heterocycles. The molecule has 4 rings (SSSR count). The maximum atomic E-state index is 13.3. The van der Waals surface area contributed by atoms with Crippen molar-refractivity contribution in [3.63, 3.8) is 0 Å². The predicted octanol–water partition coefficient (Wildman–Crippen LogP) is 4.21. The van der Waals surface area contributed by atoms with E-state index < -0.39 is 5.82 Å². The van der Waals surface area contributed by atoms with Gasteiger partial charge in [0, 0.05) is 5.56 Å². The van der Waals surface area contributed by atoms with Crippen molar-refractivity contribution in [3.05, 3.63) is 78.1 Å². The molecule has 1 amide bonds. The van der Waals surface area contributed by atoms with Crippen molar-refractivity contribution in [2.75, 3.05) is 5.32 Å². The second-order valence-electron chi connectivity index (χ2n) is 5.83. The summed E-state index contributed by atoms with van der Waals surface area (Å²) in [5, 5.41) is 12.4. The summed E-state index contributed by atoms with van der Waals surface area (Å²) in [6.07, 6.45) is 0.183. The molecule has 0 atom stereocenters. The van der Waals surface area contributed by atoms with Crippen molar-refractivity contribution in [2.24, 2.45) is 0 Å². The molecule has 1 aromatic heterocycles. The fraction of sp³-hybridized carbons (Fsp3) is 0.0500. The number of rotatable bonds is 4. The van der Waals surface area contributed by atoms with Crippen molar-refractivity contribution in [1.29, 1.82) is 0 Å². The molecular weight excluding hydrogens is 333 g/mol. The number of carbonyl (C=O) groups is 1. The van der Waals surface area contributed by atoms with E-state index in [0.29, 0.717) is 5.56 Å². The van der Waals surface area contributed by atoms with Gasteiger partial charge in [-0.05, 0) is 34.5 Å². The first-order valence-corrected chi connectivity index (χ1v) is 8.04. The van der Waals surface area contributed by atoms with E-state index in [0.717, 1.165) is 16.3 Å². The van der Waals surface area contributed by atoms with Crippen LogP contribution in [0.15, 0.2) is 71.1 Å². The standard InChI is InChI=1S/C20H14FN3O2/c21-17-7-3-6-16(12-17)19-23-24-20(26-19)22-18(25)11-13-8-9-14-4-1-2-5-15(14)10-13/h1-10,12H,11H2,(H,22,24,25). The minimum atomic E-state index is -0.400. The van der Waals surface area contributed by atoms with Gasteiger partial charge in [0.15, 0.2) is 0 Å². The largest absolute Gasteiger partial charge is 0.403 e. The number of aromatic nitrogens is 2. The average molecular weight is 347 g/mol. The molecule has 0 bridgehead atoms. The Kier molecular flexibility index (Phi) is 4.15. The average Bonchev–Trinajstić information content (AvgIpc) is 3.10. The lowest BCUT2D eigenvalue weighted by Gasteiger charge is -2.03. The first-order chi connectivity index (χ1) is 12.7. The van der Waals surface area contributed by atoms with Gasteiger partial charge in [-0.1, -0.05) is 53.6 Å². The van der Waals surface area contributed by atoms with Crippen LogP contribution >= 0.6 is 0 Å². The zero-order valence-corrected chi connectivity index (χ0v) is 13.6. The molecule has 0 aliphatic rings. The van der Waals surface area contributed by atoms with Crippen LogP contribution in [0.2, 0.25) is 0 Å².